The maximum Gasteiger partial charge on any atom is 0.338 e. The molecule has 1 fully saturated rings. The predicted molar refractivity (Wildman–Crippen MR) is 99.1 cm³/mol. The zero-order valence-corrected chi connectivity index (χ0v) is 16.1. The van der Waals surface area contributed by atoms with Crippen LogP contribution in [0.25, 0.3) is 0 Å². The number of quaternary nitrogens is 1. The van der Waals surface area contributed by atoms with Crippen LogP contribution < -0.4 is 4.90 Å². The SMILES string of the molecule is CCCN1C(=O)C(=O)N(C[NH+]2CCc3sccc3[C@H]2c2cccs2)C1=O. The van der Waals surface area contributed by atoms with Crippen LogP contribution in [0.2, 0.25) is 0 Å². The van der Waals surface area contributed by atoms with Crippen LogP contribution in [0.15, 0.2) is 29.0 Å². The molecule has 1 unspecified atom stereocenters. The largest absolute Gasteiger partial charge is 0.338 e. The second kappa shape index (κ2) is 6.94. The number of hydrogen-bond donors (Lipinski definition) is 1. The number of thiophene rings is 2. The van der Waals surface area contributed by atoms with Crippen molar-refractivity contribution in [2.24, 2.45) is 0 Å². The first-order valence-corrected chi connectivity index (χ1v) is 10.5. The van der Waals surface area contributed by atoms with Crippen molar-refractivity contribution in [1.82, 2.24) is 9.80 Å². The topological polar surface area (TPSA) is 62.1 Å². The van der Waals surface area contributed by atoms with E-state index >= 15 is 0 Å². The highest BCUT2D eigenvalue weighted by Crippen LogP contribution is 2.31. The van der Waals surface area contributed by atoms with Crippen LogP contribution >= 0.6 is 22.7 Å². The summed E-state index contributed by atoms with van der Waals surface area (Å²) in [6.07, 6.45) is 1.57. The lowest BCUT2D eigenvalue weighted by Gasteiger charge is -2.33. The number of rotatable bonds is 5. The molecule has 26 heavy (non-hydrogen) atoms. The summed E-state index contributed by atoms with van der Waals surface area (Å²) in [5, 5.41) is 4.15. The molecule has 4 amide bonds. The number of fused-ring (bicyclic) bond motifs is 1. The minimum Gasteiger partial charge on any atom is -0.306 e. The van der Waals surface area contributed by atoms with Crippen molar-refractivity contribution in [2.75, 3.05) is 19.8 Å². The van der Waals surface area contributed by atoms with Crippen molar-refractivity contribution in [1.29, 1.82) is 0 Å². The fourth-order valence-electron chi connectivity index (χ4n) is 3.74. The molecule has 2 aromatic heterocycles. The first-order valence-electron chi connectivity index (χ1n) is 8.73. The Morgan fingerprint density at radius 3 is 2.65 bits per heavy atom. The highest BCUT2D eigenvalue weighted by Gasteiger charge is 2.47. The molecule has 2 aromatic rings. The van der Waals surface area contributed by atoms with Crippen LogP contribution in [0.4, 0.5) is 4.79 Å². The van der Waals surface area contributed by atoms with Crippen LogP contribution in [0.5, 0.6) is 0 Å². The number of hydrogen-bond acceptors (Lipinski definition) is 5. The molecule has 1 N–H and O–H groups in total. The maximum atomic E-state index is 12.6. The third kappa shape index (κ3) is 2.78. The quantitative estimate of drug-likeness (QED) is 0.622. The van der Waals surface area contributed by atoms with Gasteiger partial charge in [-0.25, -0.2) is 9.69 Å². The Labute approximate surface area is 159 Å². The van der Waals surface area contributed by atoms with Crippen LogP contribution in [0.3, 0.4) is 0 Å². The lowest BCUT2D eigenvalue weighted by atomic mass is 9.99. The van der Waals surface area contributed by atoms with Crippen molar-refractivity contribution in [3.63, 3.8) is 0 Å². The normalized spacial score (nSPS) is 23.0. The fourth-order valence-corrected chi connectivity index (χ4v) is 5.57. The molecule has 2 atom stereocenters. The van der Waals surface area contributed by atoms with Gasteiger partial charge < -0.3 is 4.90 Å². The van der Waals surface area contributed by atoms with Crippen molar-refractivity contribution in [3.05, 3.63) is 44.3 Å². The molecule has 4 heterocycles. The number of urea groups is 1. The van der Waals surface area contributed by atoms with E-state index in [9.17, 15) is 14.4 Å². The van der Waals surface area contributed by atoms with Gasteiger partial charge in [0.05, 0.1) is 11.4 Å². The number of imide groups is 2. The van der Waals surface area contributed by atoms with Gasteiger partial charge in [-0.1, -0.05) is 13.0 Å². The summed E-state index contributed by atoms with van der Waals surface area (Å²) in [6.45, 7) is 3.23. The molecule has 4 rings (SSSR count). The van der Waals surface area contributed by atoms with E-state index in [1.165, 1.54) is 15.3 Å². The van der Waals surface area contributed by atoms with Gasteiger partial charge in [0, 0.05) is 23.4 Å². The van der Waals surface area contributed by atoms with E-state index in [-0.39, 0.29) is 19.3 Å². The Morgan fingerprint density at radius 2 is 1.92 bits per heavy atom. The molecule has 136 valence electrons. The Kier molecular flexibility index (Phi) is 4.64. The van der Waals surface area contributed by atoms with Gasteiger partial charge in [-0.15, -0.1) is 22.7 Å². The second-order valence-corrected chi connectivity index (χ2v) is 8.52. The molecule has 6 nitrogen and oxygen atoms in total. The number of nitrogens with zero attached hydrogens (tertiary/aromatic N) is 2. The highest BCUT2D eigenvalue weighted by atomic mass is 32.1. The molecule has 1 saturated heterocycles. The number of carbonyl (C=O) groups excluding carboxylic acids is 3. The maximum absolute atomic E-state index is 12.6. The number of carbonyl (C=O) groups is 3. The van der Waals surface area contributed by atoms with Gasteiger partial charge in [0.25, 0.3) is 0 Å². The van der Waals surface area contributed by atoms with Crippen molar-refractivity contribution >= 4 is 40.5 Å². The van der Waals surface area contributed by atoms with Crippen molar-refractivity contribution < 1.29 is 19.3 Å². The highest BCUT2D eigenvalue weighted by molar-refractivity contribution is 7.10. The third-order valence-electron chi connectivity index (χ3n) is 4.94. The van der Waals surface area contributed by atoms with Gasteiger partial charge in [-0.3, -0.25) is 14.5 Å². The lowest BCUT2D eigenvalue weighted by molar-refractivity contribution is -0.934. The van der Waals surface area contributed by atoms with E-state index in [1.54, 1.807) is 22.7 Å². The third-order valence-corrected chi connectivity index (χ3v) is 6.88. The van der Waals surface area contributed by atoms with Crippen LogP contribution in [-0.2, 0) is 16.0 Å². The molecular weight excluding hydrogens is 370 g/mol. The van der Waals surface area contributed by atoms with E-state index in [0.29, 0.717) is 6.42 Å². The Morgan fingerprint density at radius 1 is 1.12 bits per heavy atom. The van der Waals surface area contributed by atoms with Crippen molar-refractivity contribution in [3.8, 4) is 0 Å². The van der Waals surface area contributed by atoms with Gasteiger partial charge in [-0.2, -0.15) is 0 Å². The van der Waals surface area contributed by atoms with Gasteiger partial charge >= 0.3 is 17.8 Å². The fraction of sp³-hybridized carbons (Fsp3) is 0.389. The molecule has 0 aliphatic carbocycles. The zero-order valence-electron chi connectivity index (χ0n) is 14.4. The van der Waals surface area contributed by atoms with E-state index in [2.05, 4.69) is 17.5 Å². The predicted octanol–water partition coefficient (Wildman–Crippen LogP) is 1.50. The monoisotopic (exact) mass is 390 g/mol. The molecule has 0 spiro atoms. The number of nitrogens with one attached hydrogen (secondary N) is 1. The summed E-state index contributed by atoms with van der Waals surface area (Å²) in [4.78, 5) is 43.0. The van der Waals surface area contributed by atoms with Gasteiger partial charge in [0.15, 0.2) is 12.7 Å². The van der Waals surface area contributed by atoms with Crippen LogP contribution in [-0.4, -0.2) is 47.4 Å². The molecular formula is C18H20N3O3S2+. The van der Waals surface area contributed by atoms with E-state index in [1.807, 2.05) is 18.4 Å². The zero-order chi connectivity index (χ0) is 18.3. The van der Waals surface area contributed by atoms with E-state index in [4.69, 9.17) is 0 Å². The average Bonchev–Trinajstić information content (AvgIpc) is 3.36. The summed E-state index contributed by atoms with van der Waals surface area (Å²) in [5.41, 5.74) is 1.27. The Balaban J connectivity index is 1.62. The first-order chi connectivity index (χ1) is 12.6. The molecule has 2 aliphatic heterocycles. The molecule has 0 bridgehead atoms. The van der Waals surface area contributed by atoms with E-state index in [0.717, 1.165) is 27.7 Å². The summed E-state index contributed by atoms with van der Waals surface area (Å²) in [5.74, 6) is -1.39. The standard InChI is InChI=1S/C18H19N3O3S2/c1-2-7-20-16(22)17(23)21(18(20)24)11-19-8-5-13-12(6-10-26-13)15(19)14-4-3-9-25-14/h3-4,6,9-10,15H,2,5,7-8,11H2,1H3/p+1/t15-/m0/s1. The summed E-state index contributed by atoms with van der Waals surface area (Å²) in [7, 11) is 0. The smallest absolute Gasteiger partial charge is 0.306 e. The lowest BCUT2D eigenvalue weighted by Crippen LogP contribution is -3.15. The Bertz CT molecular complexity index is 846. The van der Waals surface area contributed by atoms with Crippen molar-refractivity contribution in [2.45, 2.75) is 25.8 Å². The average molecular weight is 391 g/mol. The summed E-state index contributed by atoms with van der Waals surface area (Å²) in [6, 6.07) is 5.89. The van der Waals surface area contributed by atoms with Crippen LogP contribution in [0, 0.1) is 0 Å². The molecule has 8 heteroatoms. The second-order valence-electron chi connectivity index (χ2n) is 6.54. The first kappa shape index (κ1) is 17.4. The number of amides is 4. The minimum atomic E-state index is -0.697. The van der Waals surface area contributed by atoms with E-state index < -0.39 is 17.8 Å². The minimum absolute atomic E-state index is 0.0981. The molecule has 0 saturated carbocycles. The Hall–Kier alpha value is -2.03. The van der Waals surface area contributed by atoms with Gasteiger partial charge in [0.2, 0.25) is 0 Å². The summed E-state index contributed by atoms with van der Waals surface area (Å²) >= 11 is 3.45. The van der Waals surface area contributed by atoms with Crippen LogP contribution in [0.1, 0.15) is 34.7 Å². The molecule has 0 aromatic carbocycles. The van der Waals surface area contributed by atoms with Gasteiger partial charge in [-0.05, 0) is 29.3 Å². The summed E-state index contributed by atoms with van der Waals surface area (Å²) < 4.78 is 0. The van der Waals surface area contributed by atoms with Gasteiger partial charge in [0.1, 0.15) is 0 Å². The molecule has 2 aliphatic rings. The molecule has 0 radical (unpaired) electrons.